The lowest BCUT2D eigenvalue weighted by Crippen LogP contribution is -2.28. The van der Waals surface area contributed by atoms with E-state index in [1.165, 1.54) is 12.1 Å². The minimum Gasteiger partial charge on any atom is -0.387 e. The molecule has 3 rings (SSSR count). The third-order valence-electron chi connectivity index (χ3n) is 3.45. The van der Waals surface area contributed by atoms with Crippen molar-refractivity contribution in [2.75, 3.05) is 6.54 Å². The molecule has 6 heteroatoms. The highest BCUT2D eigenvalue weighted by Crippen LogP contribution is 2.30. The van der Waals surface area contributed by atoms with Crippen LogP contribution in [0.5, 0.6) is 0 Å². The second-order valence-electron chi connectivity index (χ2n) is 5.07. The van der Waals surface area contributed by atoms with E-state index in [4.69, 9.17) is 23.2 Å². The number of aliphatic hydroxyl groups is 1. The summed E-state index contributed by atoms with van der Waals surface area (Å²) in [6, 6.07) is 12.5. The van der Waals surface area contributed by atoms with Crippen molar-refractivity contribution in [2.24, 2.45) is 0 Å². The molecule has 118 valence electrons. The molecule has 0 fully saturated rings. The number of benzene rings is 2. The van der Waals surface area contributed by atoms with E-state index in [0.29, 0.717) is 15.6 Å². The normalized spacial score (nSPS) is 12.3. The molecule has 3 aromatic rings. The van der Waals surface area contributed by atoms with Crippen LogP contribution in [0.4, 0.5) is 0 Å². The molecule has 0 aliphatic rings. The molecule has 0 bridgehead atoms. The second kappa shape index (κ2) is 6.89. The maximum atomic E-state index is 12.1. The molecule has 0 aliphatic heterocycles. The van der Waals surface area contributed by atoms with Gasteiger partial charge in [-0.05, 0) is 35.0 Å². The van der Waals surface area contributed by atoms with E-state index in [1.807, 2.05) is 29.6 Å². The van der Waals surface area contributed by atoms with Crippen LogP contribution >= 0.6 is 34.5 Å². The molecule has 2 aromatic carbocycles. The lowest BCUT2D eigenvalue weighted by molar-refractivity contribution is 0.0917. The topological polar surface area (TPSA) is 49.3 Å². The highest BCUT2D eigenvalue weighted by atomic mass is 35.5. The molecule has 23 heavy (non-hydrogen) atoms. The van der Waals surface area contributed by atoms with Crippen molar-refractivity contribution < 1.29 is 9.90 Å². The second-order valence-corrected chi connectivity index (χ2v) is 6.86. The number of nitrogens with one attached hydrogen (secondary N) is 1. The number of amides is 1. The van der Waals surface area contributed by atoms with E-state index >= 15 is 0 Å². The Labute approximate surface area is 147 Å². The van der Waals surface area contributed by atoms with Gasteiger partial charge in [0.15, 0.2) is 0 Å². The highest BCUT2D eigenvalue weighted by Gasteiger charge is 2.15. The molecule has 1 heterocycles. The van der Waals surface area contributed by atoms with Crippen molar-refractivity contribution in [1.29, 1.82) is 0 Å². The van der Waals surface area contributed by atoms with Gasteiger partial charge < -0.3 is 10.4 Å². The number of thiophene rings is 1. The zero-order chi connectivity index (χ0) is 16.4. The molecule has 0 saturated heterocycles. The van der Waals surface area contributed by atoms with Crippen molar-refractivity contribution in [2.45, 2.75) is 6.10 Å². The highest BCUT2D eigenvalue weighted by molar-refractivity contribution is 7.17. The van der Waals surface area contributed by atoms with Gasteiger partial charge in [-0.1, -0.05) is 41.4 Å². The van der Waals surface area contributed by atoms with Crippen molar-refractivity contribution in [3.8, 4) is 0 Å². The summed E-state index contributed by atoms with van der Waals surface area (Å²) in [7, 11) is 0. The maximum Gasteiger partial charge on any atom is 0.251 e. The summed E-state index contributed by atoms with van der Waals surface area (Å²) >= 11 is 13.4. The first-order valence-corrected chi connectivity index (χ1v) is 8.56. The van der Waals surface area contributed by atoms with Gasteiger partial charge in [-0.15, -0.1) is 11.3 Å². The maximum absolute atomic E-state index is 12.1. The first kappa shape index (κ1) is 16.3. The number of rotatable bonds is 4. The van der Waals surface area contributed by atoms with Gasteiger partial charge in [-0.3, -0.25) is 4.79 Å². The summed E-state index contributed by atoms with van der Waals surface area (Å²) < 4.78 is 1.11. The Morgan fingerprint density at radius 1 is 1.17 bits per heavy atom. The fraction of sp³-hybridized carbons (Fsp3) is 0.118. The molecule has 1 atom stereocenters. The summed E-state index contributed by atoms with van der Waals surface area (Å²) in [5.41, 5.74) is 1.18. The predicted octanol–water partition coefficient (Wildman–Crippen LogP) is 4.67. The fourth-order valence-corrected chi connectivity index (χ4v) is 3.88. The monoisotopic (exact) mass is 365 g/mol. The quantitative estimate of drug-likeness (QED) is 0.705. The smallest absolute Gasteiger partial charge is 0.251 e. The van der Waals surface area contributed by atoms with Crippen LogP contribution < -0.4 is 5.32 Å². The molecule has 3 nitrogen and oxygen atoms in total. The lowest BCUT2D eigenvalue weighted by atomic mass is 10.1. The van der Waals surface area contributed by atoms with Crippen molar-refractivity contribution >= 4 is 50.5 Å². The predicted molar refractivity (Wildman–Crippen MR) is 95.6 cm³/mol. The molecule has 1 amide bonds. The van der Waals surface area contributed by atoms with Crippen molar-refractivity contribution in [3.63, 3.8) is 0 Å². The standard InChI is InChI=1S/C17H13Cl2NO2S/c18-11-5-10(6-12(19)7-11)17(22)20-8-15(21)14-9-23-16-4-2-1-3-13(14)16/h1-7,9,15,21H,8H2,(H,20,22). The molecular formula is C17H13Cl2NO2S. The summed E-state index contributed by atoms with van der Waals surface area (Å²) in [6.07, 6.45) is -0.773. The molecule has 1 aromatic heterocycles. The van der Waals surface area contributed by atoms with Gasteiger partial charge in [-0.25, -0.2) is 0 Å². The van der Waals surface area contributed by atoms with Crippen LogP contribution in [0.15, 0.2) is 47.8 Å². The van der Waals surface area contributed by atoms with E-state index in [1.54, 1.807) is 17.4 Å². The van der Waals surface area contributed by atoms with E-state index in [0.717, 1.165) is 15.6 Å². The minimum atomic E-state index is -0.773. The van der Waals surface area contributed by atoms with Crippen LogP contribution in [0.1, 0.15) is 22.0 Å². The van der Waals surface area contributed by atoms with Crippen LogP contribution in [0.2, 0.25) is 10.0 Å². The summed E-state index contributed by atoms with van der Waals surface area (Å²) in [4.78, 5) is 12.1. The molecule has 1 unspecified atom stereocenters. The van der Waals surface area contributed by atoms with Gasteiger partial charge in [0.05, 0.1) is 6.10 Å². The third kappa shape index (κ3) is 3.67. The van der Waals surface area contributed by atoms with Crippen LogP contribution in [-0.4, -0.2) is 17.6 Å². The molecule has 0 saturated carbocycles. The number of halogens is 2. The van der Waals surface area contributed by atoms with Gasteiger partial charge in [0.25, 0.3) is 5.91 Å². The Bertz CT molecular complexity index is 842. The Balaban J connectivity index is 1.71. The van der Waals surface area contributed by atoms with Crippen molar-refractivity contribution in [1.82, 2.24) is 5.32 Å². The first-order valence-electron chi connectivity index (χ1n) is 6.93. The zero-order valence-electron chi connectivity index (χ0n) is 11.9. The van der Waals surface area contributed by atoms with E-state index in [-0.39, 0.29) is 12.5 Å². The van der Waals surface area contributed by atoms with Gasteiger partial charge in [-0.2, -0.15) is 0 Å². The van der Waals surface area contributed by atoms with Crippen LogP contribution in [0.25, 0.3) is 10.1 Å². The Morgan fingerprint density at radius 2 is 1.87 bits per heavy atom. The number of hydrogen-bond donors (Lipinski definition) is 2. The summed E-state index contributed by atoms with van der Waals surface area (Å²) in [5, 5.41) is 16.8. The third-order valence-corrected chi connectivity index (χ3v) is 4.87. The number of hydrogen-bond acceptors (Lipinski definition) is 3. The number of fused-ring (bicyclic) bond motifs is 1. The molecule has 2 N–H and O–H groups in total. The minimum absolute atomic E-state index is 0.115. The lowest BCUT2D eigenvalue weighted by Gasteiger charge is -2.12. The van der Waals surface area contributed by atoms with E-state index < -0.39 is 6.10 Å². The van der Waals surface area contributed by atoms with Gasteiger partial charge in [0, 0.05) is 32.4 Å². The number of aliphatic hydroxyl groups excluding tert-OH is 1. The largest absolute Gasteiger partial charge is 0.387 e. The van der Waals surface area contributed by atoms with E-state index in [9.17, 15) is 9.90 Å². The Morgan fingerprint density at radius 3 is 2.61 bits per heavy atom. The average Bonchev–Trinajstić information content (AvgIpc) is 2.95. The molecule has 0 aliphatic carbocycles. The van der Waals surface area contributed by atoms with Gasteiger partial charge in [0.1, 0.15) is 0 Å². The van der Waals surface area contributed by atoms with E-state index in [2.05, 4.69) is 5.32 Å². The number of carbonyl (C=O) groups is 1. The SMILES string of the molecule is O=C(NCC(O)c1csc2ccccc12)c1cc(Cl)cc(Cl)c1. The van der Waals surface area contributed by atoms with Gasteiger partial charge >= 0.3 is 0 Å². The Hall–Kier alpha value is -1.59. The summed E-state index contributed by atoms with van der Waals surface area (Å²) in [6.45, 7) is 0.115. The zero-order valence-corrected chi connectivity index (χ0v) is 14.3. The Kier molecular flexibility index (Phi) is 4.87. The average molecular weight is 366 g/mol. The molecule has 0 spiro atoms. The molecule has 0 radical (unpaired) electrons. The van der Waals surface area contributed by atoms with Crippen LogP contribution in [0, 0.1) is 0 Å². The molecular weight excluding hydrogens is 353 g/mol. The summed E-state index contributed by atoms with van der Waals surface area (Å²) in [5.74, 6) is -0.326. The van der Waals surface area contributed by atoms with Gasteiger partial charge in [0.2, 0.25) is 0 Å². The van der Waals surface area contributed by atoms with Crippen LogP contribution in [-0.2, 0) is 0 Å². The van der Waals surface area contributed by atoms with Crippen LogP contribution in [0.3, 0.4) is 0 Å². The first-order chi connectivity index (χ1) is 11.0. The number of carbonyl (C=O) groups excluding carboxylic acids is 1. The fourth-order valence-electron chi connectivity index (χ4n) is 2.34. The van der Waals surface area contributed by atoms with Crippen molar-refractivity contribution in [3.05, 3.63) is 69.0 Å².